The molecule has 0 amide bonds. The average Bonchev–Trinajstić information content (AvgIpc) is 3.73. The van der Waals surface area contributed by atoms with E-state index in [1.54, 1.807) is 0 Å². The van der Waals surface area contributed by atoms with Gasteiger partial charge in [-0.1, -0.05) is 30.3 Å². The van der Waals surface area contributed by atoms with E-state index in [9.17, 15) is 0 Å². The van der Waals surface area contributed by atoms with Crippen molar-refractivity contribution in [2.75, 3.05) is 13.1 Å². The molecule has 8 heteroatoms. The highest BCUT2D eigenvalue weighted by molar-refractivity contribution is 5.99. The van der Waals surface area contributed by atoms with Gasteiger partial charge in [0, 0.05) is 36.0 Å². The summed E-state index contributed by atoms with van der Waals surface area (Å²) in [4.78, 5) is 21.2. The number of benzene rings is 2. The van der Waals surface area contributed by atoms with Gasteiger partial charge in [-0.15, -0.1) is 0 Å². The number of fused-ring (bicyclic) bond motifs is 1. The highest BCUT2D eigenvalue weighted by atomic mass is 16.3. The second-order valence-electron chi connectivity index (χ2n) is 9.79. The Morgan fingerprint density at radius 2 is 1.33 bits per heavy atom. The van der Waals surface area contributed by atoms with Gasteiger partial charge in [-0.25, -0.2) is 15.0 Å². The summed E-state index contributed by atoms with van der Waals surface area (Å²) in [5, 5.41) is 7.00. The van der Waals surface area contributed by atoms with Gasteiger partial charge in [-0.05, 0) is 50.4 Å². The molecule has 2 aliphatic heterocycles. The lowest BCUT2D eigenvalue weighted by Crippen LogP contribution is -2.14. The zero-order valence-corrected chi connectivity index (χ0v) is 20.3. The number of hydrogen-bond acceptors (Lipinski definition) is 6. The lowest BCUT2D eigenvalue weighted by molar-refractivity contribution is 0.561. The van der Waals surface area contributed by atoms with Crippen molar-refractivity contribution >= 4 is 11.1 Å². The highest BCUT2D eigenvalue weighted by Crippen LogP contribution is 2.36. The van der Waals surface area contributed by atoms with Crippen LogP contribution in [0.1, 0.15) is 55.3 Å². The Balaban J connectivity index is 1.21. The van der Waals surface area contributed by atoms with Crippen molar-refractivity contribution in [2.45, 2.75) is 44.7 Å². The number of nitrogens with zero attached hydrogens (tertiary/aromatic N) is 3. The van der Waals surface area contributed by atoms with Crippen LogP contribution in [0.15, 0.2) is 53.2 Å². The molecule has 0 spiro atoms. The van der Waals surface area contributed by atoms with Gasteiger partial charge in [-0.3, -0.25) is 0 Å². The number of aromatic nitrogens is 5. The molecule has 2 aromatic carbocycles. The fourth-order valence-corrected chi connectivity index (χ4v) is 5.52. The van der Waals surface area contributed by atoms with Gasteiger partial charge in [0.15, 0.2) is 11.5 Å². The van der Waals surface area contributed by atoms with Gasteiger partial charge >= 0.3 is 0 Å². The van der Waals surface area contributed by atoms with Crippen molar-refractivity contribution in [1.82, 2.24) is 35.6 Å². The first kappa shape index (κ1) is 21.5. The van der Waals surface area contributed by atoms with Crippen LogP contribution in [-0.2, 0) is 0 Å². The zero-order valence-electron chi connectivity index (χ0n) is 20.3. The molecule has 3 aromatic heterocycles. The van der Waals surface area contributed by atoms with Crippen LogP contribution < -0.4 is 10.6 Å². The van der Waals surface area contributed by atoms with Crippen LogP contribution >= 0.6 is 0 Å². The Labute approximate surface area is 209 Å². The minimum Gasteiger partial charge on any atom is -0.440 e. The first-order valence-electron chi connectivity index (χ1n) is 12.8. The first-order chi connectivity index (χ1) is 17.7. The molecule has 2 saturated heterocycles. The smallest absolute Gasteiger partial charge is 0.192 e. The van der Waals surface area contributed by atoms with E-state index in [2.05, 4.69) is 57.0 Å². The lowest BCUT2D eigenvalue weighted by atomic mass is 9.99. The molecule has 5 heterocycles. The second-order valence-corrected chi connectivity index (χ2v) is 9.79. The zero-order chi connectivity index (χ0) is 24.1. The van der Waals surface area contributed by atoms with Crippen molar-refractivity contribution in [3.63, 3.8) is 0 Å². The first-order valence-corrected chi connectivity index (χ1v) is 12.8. The summed E-state index contributed by atoms with van der Waals surface area (Å²) in [7, 11) is 0. The van der Waals surface area contributed by atoms with Crippen molar-refractivity contribution < 1.29 is 4.42 Å². The number of oxazole rings is 1. The van der Waals surface area contributed by atoms with Gasteiger partial charge < -0.3 is 25.0 Å². The quantitative estimate of drug-likeness (QED) is 0.268. The number of H-pyrrole nitrogens is 2. The van der Waals surface area contributed by atoms with Crippen LogP contribution in [-0.4, -0.2) is 38.0 Å². The third kappa shape index (κ3) is 3.73. The predicted molar refractivity (Wildman–Crippen MR) is 139 cm³/mol. The van der Waals surface area contributed by atoms with Crippen molar-refractivity contribution in [2.24, 2.45) is 0 Å². The number of aromatic amines is 2. The Hall–Kier alpha value is -3.75. The van der Waals surface area contributed by atoms with Gasteiger partial charge in [0.25, 0.3) is 0 Å². The van der Waals surface area contributed by atoms with Crippen molar-refractivity contribution in [3.05, 3.63) is 66.3 Å². The topological polar surface area (TPSA) is 107 Å². The second kappa shape index (κ2) is 8.72. The summed E-state index contributed by atoms with van der Waals surface area (Å²) in [5.41, 5.74) is 7.66. The molecule has 2 atom stereocenters. The Kier molecular flexibility index (Phi) is 5.22. The molecule has 5 aromatic rings. The van der Waals surface area contributed by atoms with E-state index < -0.39 is 0 Å². The summed E-state index contributed by atoms with van der Waals surface area (Å²) in [6.45, 7) is 3.99. The molecule has 0 bridgehead atoms. The molecule has 7 rings (SSSR count). The van der Waals surface area contributed by atoms with Gasteiger partial charge in [0.1, 0.15) is 17.2 Å². The van der Waals surface area contributed by atoms with Crippen LogP contribution in [0.5, 0.6) is 0 Å². The SMILES string of the molecule is Cc1nc2c(-c3ccc(-c4c[nH]c([C@@H]5CCCN5)n4)cc3)ccc(-c3c[nH]c([C@@H]4CCCN4)n3)c2o1. The average molecular weight is 480 g/mol. The molecule has 0 saturated carbocycles. The molecule has 0 radical (unpaired) electrons. The summed E-state index contributed by atoms with van der Waals surface area (Å²) in [5.74, 6) is 2.65. The van der Waals surface area contributed by atoms with Crippen LogP contribution in [0, 0.1) is 6.92 Å². The van der Waals surface area contributed by atoms with Crippen molar-refractivity contribution in [1.29, 1.82) is 0 Å². The van der Waals surface area contributed by atoms with Gasteiger partial charge in [0.05, 0.1) is 23.5 Å². The van der Waals surface area contributed by atoms with Crippen molar-refractivity contribution in [3.8, 4) is 33.6 Å². The predicted octanol–water partition coefficient (Wildman–Crippen LogP) is 5.43. The summed E-state index contributed by atoms with van der Waals surface area (Å²) in [6, 6.07) is 13.4. The maximum absolute atomic E-state index is 6.09. The number of aryl methyl sites for hydroxylation is 1. The lowest BCUT2D eigenvalue weighted by Gasteiger charge is -2.07. The highest BCUT2D eigenvalue weighted by Gasteiger charge is 2.22. The molecular weight excluding hydrogens is 450 g/mol. The van der Waals surface area contributed by atoms with E-state index in [0.717, 1.165) is 82.3 Å². The third-order valence-electron chi connectivity index (χ3n) is 7.39. The maximum atomic E-state index is 6.09. The van der Waals surface area contributed by atoms with Crippen LogP contribution in [0.25, 0.3) is 44.7 Å². The van der Waals surface area contributed by atoms with Crippen LogP contribution in [0.4, 0.5) is 0 Å². The van der Waals surface area contributed by atoms with E-state index in [1.807, 2.05) is 19.3 Å². The van der Waals surface area contributed by atoms with E-state index in [0.29, 0.717) is 18.0 Å². The third-order valence-corrected chi connectivity index (χ3v) is 7.39. The standard InChI is InChI=1S/C28H29N7O/c1-16-33-25-19(10-11-20(26(25)36-16)24-15-32-28(35-24)22-5-3-13-30-22)17-6-8-18(9-7-17)23-14-31-27(34-23)21-4-2-12-29-21/h6-11,14-15,21-22,29-30H,2-5,12-13H2,1H3,(H,31,34)(H,32,35)/t21-,22-/m0/s1. The molecule has 2 fully saturated rings. The molecule has 2 aliphatic rings. The molecule has 4 N–H and O–H groups in total. The van der Waals surface area contributed by atoms with Gasteiger partial charge in [-0.2, -0.15) is 0 Å². The molecular formula is C28H29N7O. The van der Waals surface area contributed by atoms with Crippen LogP contribution in [0.2, 0.25) is 0 Å². The van der Waals surface area contributed by atoms with Crippen LogP contribution in [0.3, 0.4) is 0 Å². The number of nitrogens with one attached hydrogen (secondary N) is 4. The fourth-order valence-electron chi connectivity index (χ4n) is 5.52. The van der Waals surface area contributed by atoms with E-state index in [1.165, 1.54) is 12.8 Å². The normalized spacial score (nSPS) is 20.0. The summed E-state index contributed by atoms with van der Waals surface area (Å²) >= 11 is 0. The molecule has 0 aliphatic carbocycles. The largest absolute Gasteiger partial charge is 0.440 e. The van der Waals surface area contributed by atoms with E-state index in [4.69, 9.17) is 19.4 Å². The summed E-state index contributed by atoms with van der Waals surface area (Å²) < 4.78 is 6.09. The van der Waals surface area contributed by atoms with Gasteiger partial charge in [0.2, 0.25) is 0 Å². The van der Waals surface area contributed by atoms with E-state index in [-0.39, 0.29) is 0 Å². The number of hydrogen-bond donors (Lipinski definition) is 4. The maximum Gasteiger partial charge on any atom is 0.192 e. The Bertz CT molecular complexity index is 1520. The number of rotatable bonds is 5. The van der Waals surface area contributed by atoms with E-state index >= 15 is 0 Å². The number of imidazole rings is 2. The Morgan fingerprint density at radius 3 is 2.00 bits per heavy atom. The molecule has 36 heavy (non-hydrogen) atoms. The molecule has 0 unspecified atom stereocenters. The molecule has 8 nitrogen and oxygen atoms in total. The fraction of sp³-hybridized carbons (Fsp3) is 0.321. The minimum atomic E-state index is 0.295. The Morgan fingerprint density at radius 1 is 0.722 bits per heavy atom. The summed E-state index contributed by atoms with van der Waals surface area (Å²) in [6.07, 6.45) is 8.58. The molecule has 182 valence electrons. The monoisotopic (exact) mass is 479 g/mol. The minimum absolute atomic E-state index is 0.295.